The minimum absolute atomic E-state index is 0.114. The van der Waals surface area contributed by atoms with Crippen molar-refractivity contribution in [2.24, 2.45) is 0 Å². The van der Waals surface area contributed by atoms with Gasteiger partial charge in [-0.3, -0.25) is 4.79 Å². The number of carbonyl (C=O) groups is 1. The molecular formula is C14H16N2O5S. The first-order chi connectivity index (χ1) is 10.4. The summed E-state index contributed by atoms with van der Waals surface area (Å²) < 4.78 is 35.5. The average Bonchev–Trinajstić information content (AvgIpc) is 2.98. The molecule has 0 unspecified atom stereocenters. The van der Waals surface area contributed by atoms with Crippen LogP contribution in [0.5, 0.6) is 5.75 Å². The van der Waals surface area contributed by atoms with Gasteiger partial charge in [0.05, 0.1) is 12.8 Å². The number of aryl methyl sites for hydroxylation is 1. The third kappa shape index (κ3) is 3.29. The number of rotatable bonds is 5. The summed E-state index contributed by atoms with van der Waals surface area (Å²) in [4.78, 5) is 12.1. The summed E-state index contributed by atoms with van der Waals surface area (Å²) in [6.45, 7) is 1.87. The Bertz CT molecular complexity index is 795. The molecule has 22 heavy (non-hydrogen) atoms. The molecule has 1 amide bonds. The Morgan fingerprint density at radius 2 is 1.95 bits per heavy atom. The van der Waals surface area contributed by atoms with Crippen molar-refractivity contribution < 1.29 is 22.4 Å². The van der Waals surface area contributed by atoms with E-state index < -0.39 is 15.9 Å². The number of carbonyl (C=O) groups excluding carboxylic acids is 1. The Labute approximate surface area is 128 Å². The number of amides is 1. The lowest BCUT2D eigenvalue weighted by Crippen LogP contribution is -2.18. The standard InChI is InChI=1S/C14H16N2O5S/c1-9-4-5-11(20-3)10(8-9)16-14(17)12-6-7-13(21-12)22(18,19)15-2/h4-8,15H,1-3H3,(H,16,17). The van der Waals surface area contributed by atoms with Crippen LogP contribution in [0.4, 0.5) is 5.69 Å². The highest BCUT2D eigenvalue weighted by Gasteiger charge is 2.20. The van der Waals surface area contributed by atoms with Crippen LogP contribution in [-0.2, 0) is 10.0 Å². The molecule has 0 saturated heterocycles. The Balaban J connectivity index is 2.25. The second-order valence-electron chi connectivity index (χ2n) is 4.48. The maximum absolute atomic E-state index is 12.1. The Morgan fingerprint density at radius 1 is 1.23 bits per heavy atom. The highest BCUT2D eigenvalue weighted by molar-refractivity contribution is 7.89. The van der Waals surface area contributed by atoms with E-state index in [2.05, 4.69) is 10.0 Å². The summed E-state index contributed by atoms with van der Waals surface area (Å²) in [6, 6.07) is 7.82. The number of nitrogens with one attached hydrogen (secondary N) is 2. The molecule has 0 spiro atoms. The van der Waals surface area contributed by atoms with Crippen LogP contribution in [0.25, 0.3) is 0 Å². The zero-order valence-electron chi connectivity index (χ0n) is 12.3. The van der Waals surface area contributed by atoms with E-state index in [1.165, 1.54) is 26.3 Å². The van der Waals surface area contributed by atoms with E-state index in [1.807, 2.05) is 13.0 Å². The van der Waals surface area contributed by atoms with Crippen LogP contribution in [0.3, 0.4) is 0 Å². The van der Waals surface area contributed by atoms with Gasteiger partial charge in [0.1, 0.15) is 5.75 Å². The molecule has 0 aliphatic rings. The number of methoxy groups -OCH3 is 1. The van der Waals surface area contributed by atoms with Crippen molar-refractivity contribution >= 4 is 21.6 Å². The van der Waals surface area contributed by atoms with E-state index in [0.717, 1.165) is 5.56 Å². The monoisotopic (exact) mass is 324 g/mol. The lowest BCUT2D eigenvalue weighted by atomic mass is 10.2. The highest BCUT2D eigenvalue weighted by Crippen LogP contribution is 2.26. The number of furan rings is 1. The zero-order chi connectivity index (χ0) is 16.3. The number of sulfonamides is 1. The van der Waals surface area contributed by atoms with Crippen LogP contribution in [-0.4, -0.2) is 28.5 Å². The summed E-state index contributed by atoms with van der Waals surface area (Å²) in [5, 5.41) is 2.31. The van der Waals surface area contributed by atoms with Gasteiger partial charge < -0.3 is 14.5 Å². The molecule has 0 saturated carbocycles. The van der Waals surface area contributed by atoms with E-state index in [9.17, 15) is 13.2 Å². The summed E-state index contributed by atoms with van der Waals surface area (Å²) in [5.74, 6) is -0.188. The van der Waals surface area contributed by atoms with Crippen molar-refractivity contribution in [3.8, 4) is 5.75 Å². The largest absolute Gasteiger partial charge is 0.495 e. The molecule has 7 nitrogen and oxygen atoms in total. The molecule has 2 aromatic rings. The fourth-order valence-corrected chi connectivity index (χ4v) is 2.44. The first-order valence-electron chi connectivity index (χ1n) is 6.37. The molecule has 118 valence electrons. The van der Waals surface area contributed by atoms with Crippen LogP contribution < -0.4 is 14.8 Å². The van der Waals surface area contributed by atoms with Crippen molar-refractivity contribution in [3.05, 3.63) is 41.7 Å². The van der Waals surface area contributed by atoms with Crippen LogP contribution in [0, 0.1) is 6.92 Å². The minimum Gasteiger partial charge on any atom is -0.495 e. The lowest BCUT2D eigenvalue weighted by Gasteiger charge is -2.10. The van der Waals surface area contributed by atoms with Gasteiger partial charge in [-0.25, -0.2) is 13.1 Å². The second kappa shape index (κ2) is 6.20. The van der Waals surface area contributed by atoms with Crippen molar-refractivity contribution in [3.63, 3.8) is 0 Å². The Morgan fingerprint density at radius 3 is 2.59 bits per heavy atom. The molecule has 0 aliphatic heterocycles. The molecule has 1 heterocycles. The van der Waals surface area contributed by atoms with Crippen LogP contribution in [0.15, 0.2) is 39.8 Å². The van der Waals surface area contributed by atoms with Gasteiger partial charge in [-0.05, 0) is 43.8 Å². The molecule has 1 aromatic heterocycles. The predicted molar refractivity (Wildman–Crippen MR) is 80.6 cm³/mol. The van der Waals surface area contributed by atoms with Gasteiger partial charge in [-0.15, -0.1) is 0 Å². The number of hydrogen-bond acceptors (Lipinski definition) is 5. The van der Waals surface area contributed by atoms with Gasteiger partial charge in [-0.1, -0.05) is 6.07 Å². The van der Waals surface area contributed by atoms with Crippen molar-refractivity contribution in [2.45, 2.75) is 12.0 Å². The highest BCUT2D eigenvalue weighted by atomic mass is 32.2. The summed E-state index contributed by atoms with van der Waals surface area (Å²) >= 11 is 0. The molecule has 8 heteroatoms. The third-order valence-corrected chi connectivity index (χ3v) is 4.23. The van der Waals surface area contributed by atoms with Gasteiger partial charge >= 0.3 is 0 Å². The molecule has 2 rings (SSSR count). The van der Waals surface area contributed by atoms with Crippen LogP contribution >= 0.6 is 0 Å². The fraction of sp³-hybridized carbons (Fsp3) is 0.214. The van der Waals surface area contributed by atoms with Gasteiger partial charge in [-0.2, -0.15) is 0 Å². The van der Waals surface area contributed by atoms with E-state index >= 15 is 0 Å². The molecule has 0 fully saturated rings. The fourth-order valence-electron chi connectivity index (χ4n) is 1.79. The van der Waals surface area contributed by atoms with E-state index in [-0.39, 0.29) is 10.9 Å². The topological polar surface area (TPSA) is 97.6 Å². The molecule has 0 atom stereocenters. The number of hydrogen-bond donors (Lipinski definition) is 2. The van der Waals surface area contributed by atoms with E-state index in [0.29, 0.717) is 11.4 Å². The number of ether oxygens (including phenoxy) is 1. The average molecular weight is 324 g/mol. The van der Waals surface area contributed by atoms with E-state index in [4.69, 9.17) is 9.15 Å². The molecule has 2 N–H and O–H groups in total. The third-order valence-electron chi connectivity index (χ3n) is 2.94. The van der Waals surface area contributed by atoms with Crippen molar-refractivity contribution in [2.75, 3.05) is 19.5 Å². The number of anilines is 1. The molecular weight excluding hydrogens is 308 g/mol. The Kier molecular flexibility index (Phi) is 4.53. The van der Waals surface area contributed by atoms with Gasteiger partial charge in [0.2, 0.25) is 5.09 Å². The van der Waals surface area contributed by atoms with E-state index in [1.54, 1.807) is 12.1 Å². The maximum Gasteiger partial charge on any atom is 0.291 e. The molecule has 0 bridgehead atoms. The summed E-state index contributed by atoms with van der Waals surface area (Å²) in [5.41, 5.74) is 1.41. The Hall–Kier alpha value is -2.32. The van der Waals surface area contributed by atoms with Gasteiger partial charge in [0.15, 0.2) is 5.76 Å². The normalized spacial score (nSPS) is 11.2. The lowest BCUT2D eigenvalue weighted by molar-refractivity contribution is 0.0991. The maximum atomic E-state index is 12.1. The smallest absolute Gasteiger partial charge is 0.291 e. The first-order valence-corrected chi connectivity index (χ1v) is 7.85. The molecule has 0 aliphatic carbocycles. The van der Waals surface area contributed by atoms with Gasteiger partial charge in [0, 0.05) is 0 Å². The van der Waals surface area contributed by atoms with Gasteiger partial charge in [0.25, 0.3) is 15.9 Å². The summed E-state index contributed by atoms with van der Waals surface area (Å²) in [7, 11) is -0.975. The van der Waals surface area contributed by atoms with Crippen LogP contribution in [0.1, 0.15) is 16.1 Å². The minimum atomic E-state index is -3.72. The zero-order valence-corrected chi connectivity index (χ0v) is 13.2. The summed E-state index contributed by atoms with van der Waals surface area (Å²) in [6.07, 6.45) is 0. The second-order valence-corrected chi connectivity index (χ2v) is 6.30. The van der Waals surface area contributed by atoms with Crippen LogP contribution in [0.2, 0.25) is 0 Å². The van der Waals surface area contributed by atoms with Crippen molar-refractivity contribution in [1.82, 2.24) is 4.72 Å². The molecule has 1 aromatic carbocycles. The SMILES string of the molecule is CNS(=O)(=O)c1ccc(C(=O)Nc2cc(C)ccc2OC)o1. The predicted octanol–water partition coefficient (Wildman–Crippen LogP) is 1.76. The molecule has 0 radical (unpaired) electrons. The number of benzene rings is 1. The first kappa shape index (κ1) is 16.1. The van der Waals surface area contributed by atoms with Crippen molar-refractivity contribution in [1.29, 1.82) is 0 Å². The quantitative estimate of drug-likeness (QED) is 0.873.